The van der Waals surface area contributed by atoms with Gasteiger partial charge in [-0.3, -0.25) is 19.6 Å². The van der Waals surface area contributed by atoms with E-state index in [0.29, 0.717) is 19.0 Å². The molecule has 30 heavy (non-hydrogen) atoms. The maximum Gasteiger partial charge on any atom is 0.263 e. The van der Waals surface area contributed by atoms with Crippen LogP contribution in [0.5, 0.6) is 0 Å². The Bertz CT molecular complexity index is 1120. The van der Waals surface area contributed by atoms with Crippen molar-refractivity contribution in [3.63, 3.8) is 0 Å². The number of piperidine rings is 1. The van der Waals surface area contributed by atoms with Crippen molar-refractivity contribution < 1.29 is 4.79 Å². The molecule has 2 atom stereocenters. The third-order valence-corrected chi connectivity index (χ3v) is 5.88. The lowest BCUT2D eigenvalue weighted by Gasteiger charge is -2.43. The molecule has 8 heteroatoms. The Morgan fingerprint density at radius 1 is 1.07 bits per heavy atom. The Morgan fingerprint density at radius 3 is 2.80 bits per heavy atom. The number of hydrogen-bond donors (Lipinski definition) is 1. The zero-order valence-electron chi connectivity index (χ0n) is 16.4. The topological polar surface area (TPSA) is 93.0 Å². The lowest BCUT2D eigenvalue weighted by molar-refractivity contribution is 0.0947. The molecule has 1 N–H and O–H groups in total. The molecule has 0 radical (unpaired) electrons. The summed E-state index contributed by atoms with van der Waals surface area (Å²) < 4.78 is 1.79. The number of fused-ring (bicyclic) bond motifs is 4. The van der Waals surface area contributed by atoms with Gasteiger partial charge in [0.05, 0.1) is 18.4 Å². The van der Waals surface area contributed by atoms with Crippen LogP contribution in [0.2, 0.25) is 0 Å². The van der Waals surface area contributed by atoms with Crippen LogP contribution in [0.4, 0.5) is 5.82 Å². The first kappa shape index (κ1) is 18.5. The molecular weight excluding hydrogens is 380 g/mol. The minimum Gasteiger partial charge on any atom is -0.354 e. The van der Waals surface area contributed by atoms with Crippen molar-refractivity contribution in [2.24, 2.45) is 5.92 Å². The quantitative estimate of drug-likeness (QED) is 0.712. The predicted octanol–water partition coefficient (Wildman–Crippen LogP) is 1.59. The Balaban J connectivity index is 1.37. The molecule has 0 spiro atoms. The summed E-state index contributed by atoms with van der Waals surface area (Å²) in [4.78, 5) is 40.8. The molecule has 1 saturated heterocycles. The largest absolute Gasteiger partial charge is 0.354 e. The molecule has 3 aromatic heterocycles. The van der Waals surface area contributed by atoms with Crippen molar-refractivity contribution >= 4 is 11.7 Å². The highest BCUT2D eigenvalue weighted by Gasteiger charge is 2.35. The summed E-state index contributed by atoms with van der Waals surface area (Å²) in [5.74, 6) is 1.08. The van der Waals surface area contributed by atoms with E-state index in [1.54, 1.807) is 35.4 Å². The van der Waals surface area contributed by atoms with Crippen molar-refractivity contribution in [3.05, 3.63) is 82.4 Å². The smallest absolute Gasteiger partial charge is 0.263 e. The molecule has 3 aromatic rings. The summed E-state index contributed by atoms with van der Waals surface area (Å²) in [5, 5.41) is 2.80. The molecule has 0 aliphatic carbocycles. The molecule has 8 nitrogen and oxygen atoms in total. The first-order valence-electron chi connectivity index (χ1n) is 10.1. The summed E-state index contributed by atoms with van der Waals surface area (Å²) in [6, 6.07) is 9.11. The average Bonchev–Trinajstić information content (AvgIpc) is 2.79. The van der Waals surface area contributed by atoms with Gasteiger partial charge in [0, 0.05) is 49.8 Å². The summed E-state index contributed by atoms with van der Waals surface area (Å²) in [6.45, 7) is 2.53. The van der Waals surface area contributed by atoms with Gasteiger partial charge in [-0.15, -0.1) is 0 Å². The number of carbonyl (C=O) groups is 1. The fourth-order valence-corrected chi connectivity index (χ4v) is 4.53. The van der Waals surface area contributed by atoms with E-state index >= 15 is 0 Å². The SMILES string of the molecule is O=C(NCc1ccccn1)c1ccc2n(c1=O)C[C@H]1C[C@@H]2CN(c2cnccn2)C1. The Hall–Kier alpha value is -3.55. The van der Waals surface area contributed by atoms with Crippen LogP contribution in [0, 0.1) is 5.92 Å². The third-order valence-electron chi connectivity index (χ3n) is 5.88. The van der Waals surface area contributed by atoms with E-state index < -0.39 is 0 Å². The maximum atomic E-state index is 13.1. The second kappa shape index (κ2) is 7.70. The lowest BCUT2D eigenvalue weighted by atomic mass is 9.83. The highest BCUT2D eigenvalue weighted by atomic mass is 16.2. The van der Waals surface area contributed by atoms with Gasteiger partial charge in [0.25, 0.3) is 11.5 Å². The van der Waals surface area contributed by atoms with E-state index in [-0.39, 0.29) is 22.9 Å². The number of rotatable bonds is 4. The van der Waals surface area contributed by atoms with E-state index in [2.05, 4.69) is 25.2 Å². The monoisotopic (exact) mass is 402 g/mol. The first-order chi connectivity index (χ1) is 14.7. The average molecular weight is 402 g/mol. The van der Waals surface area contributed by atoms with Gasteiger partial charge in [-0.25, -0.2) is 4.98 Å². The molecular formula is C22H22N6O2. The summed E-state index contributed by atoms with van der Waals surface area (Å²) >= 11 is 0. The number of nitrogens with zero attached hydrogens (tertiary/aromatic N) is 5. The number of aromatic nitrogens is 4. The summed E-state index contributed by atoms with van der Waals surface area (Å²) in [7, 11) is 0. The minimum atomic E-state index is -0.363. The van der Waals surface area contributed by atoms with Crippen molar-refractivity contribution in [1.29, 1.82) is 0 Å². The van der Waals surface area contributed by atoms with Gasteiger partial charge in [-0.2, -0.15) is 0 Å². The molecule has 2 bridgehead atoms. The van der Waals surface area contributed by atoms with E-state index in [1.807, 2.05) is 24.3 Å². The predicted molar refractivity (Wildman–Crippen MR) is 111 cm³/mol. The van der Waals surface area contributed by atoms with E-state index in [1.165, 1.54) is 0 Å². The molecule has 1 fully saturated rings. The highest BCUT2D eigenvalue weighted by molar-refractivity contribution is 5.93. The van der Waals surface area contributed by atoms with E-state index in [4.69, 9.17) is 0 Å². The van der Waals surface area contributed by atoms with Gasteiger partial charge >= 0.3 is 0 Å². The zero-order valence-corrected chi connectivity index (χ0v) is 16.4. The highest BCUT2D eigenvalue weighted by Crippen LogP contribution is 2.36. The molecule has 0 saturated carbocycles. The molecule has 5 heterocycles. The van der Waals surface area contributed by atoms with Crippen LogP contribution in [-0.4, -0.2) is 38.5 Å². The number of nitrogens with one attached hydrogen (secondary N) is 1. The van der Waals surface area contributed by atoms with Crippen LogP contribution in [0.1, 0.15) is 34.1 Å². The molecule has 2 aliphatic heterocycles. The van der Waals surface area contributed by atoms with Crippen LogP contribution >= 0.6 is 0 Å². The number of hydrogen-bond acceptors (Lipinski definition) is 6. The van der Waals surface area contributed by atoms with Gasteiger partial charge in [0.1, 0.15) is 11.4 Å². The van der Waals surface area contributed by atoms with Crippen LogP contribution in [0.25, 0.3) is 0 Å². The van der Waals surface area contributed by atoms with Gasteiger partial charge in [0.15, 0.2) is 0 Å². The second-order valence-electron chi connectivity index (χ2n) is 7.86. The van der Waals surface area contributed by atoms with Crippen LogP contribution in [0.3, 0.4) is 0 Å². The fraction of sp³-hybridized carbons (Fsp3) is 0.318. The number of carbonyl (C=O) groups excluding carboxylic acids is 1. The molecule has 5 rings (SSSR count). The van der Waals surface area contributed by atoms with Gasteiger partial charge in [-0.1, -0.05) is 6.07 Å². The Kier molecular flexibility index (Phi) is 4.74. The fourth-order valence-electron chi connectivity index (χ4n) is 4.53. The van der Waals surface area contributed by atoms with E-state index in [9.17, 15) is 9.59 Å². The molecule has 1 amide bonds. The second-order valence-corrected chi connectivity index (χ2v) is 7.86. The van der Waals surface area contributed by atoms with Gasteiger partial charge < -0.3 is 14.8 Å². The normalized spacial score (nSPS) is 19.8. The lowest BCUT2D eigenvalue weighted by Crippen LogP contribution is -2.48. The standard InChI is InChI=1S/C22H22N6O2/c29-21(26-10-17-3-1-2-6-24-17)18-4-5-19-16-9-15(13-28(19)22(18)30)12-27(14-16)20-11-23-7-8-25-20/h1-8,11,15-16H,9-10,12-14H2,(H,26,29)/t15-,16+/m0/s1. The molecule has 0 unspecified atom stereocenters. The summed E-state index contributed by atoms with van der Waals surface area (Å²) in [5.41, 5.74) is 1.71. The van der Waals surface area contributed by atoms with Crippen molar-refractivity contribution in [2.45, 2.75) is 25.4 Å². The molecule has 2 aliphatic rings. The van der Waals surface area contributed by atoms with Crippen molar-refractivity contribution in [3.8, 4) is 0 Å². The number of amides is 1. The molecule has 0 aromatic carbocycles. The third kappa shape index (κ3) is 3.45. The van der Waals surface area contributed by atoms with Gasteiger partial charge in [-0.05, 0) is 36.6 Å². The van der Waals surface area contributed by atoms with Crippen LogP contribution in [0.15, 0.2) is 59.9 Å². The Morgan fingerprint density at radius 2 is 2.00 bits per heavy atom. The summed E-state index contributed by atoms with van der Waals surface area (Å²) in [6.07, 6.45) is 7.88. The molecule has 152 valence electrons. The zero-order chi connectivity index (χ0) is 20.5. The minimum absolute atomic E-state index is 0.181. The number of pyridine rings is 2. The Labute approximate surface area is 173 Å². The number of anilines is 1. The maximum absolute atomic E-state index is 13.1. The van der Waals surface area contributed by atoms with Crippen molar-refractivity contribution in [2.75, 3.05) is 18.0 Å². The van der Waals surface area contributed by atoms with Crippen LogP contribution < -0.4 is 15.8 Å². The van der Waals surface area contributed by atoms with Crippen molar-refractivity contribution in [1.82, 2.24) is 24.8 Å². The van der Waals surface area contributed by atoms with Gasteiger partial charge in [0.2, 0.25) is 0 Å². The first-order valence-corrected chi connectivity index (χ1v) is 10.1. The van der Waals surface area contributed by atoms with Crippen LogP contribution in [-0.2, 0) is 13.1 Å². The van der Waals surface area contributed by atoms with E-state index in [0.717, 1.165) is 36.7 Å².